The highest BCUT2D eigenvalue weighted by molar-refractivity contribution is 5.98. The molecule has 1 N–H and O–H groups in total. The minimum atomic E-state index is -0.345. The van der Waals surface area contributed by atoms with E-state index in [2.05, 4.69) is 5.32 Å². The van der Waals surface area contributed by atoms with Crippen molar-refractivity contribution in [2.24, 2.45) is 5.92 Å². The first-order valence-corrected chi connectivity index (χ1v) is 8.93. The van der Waals surface area contributed by atoms with E-state index in [0.717, 1.165) is 11.1 Å². The van der Waals surface area contributed by atoms with Gasteiger partial charge in [0.1, 0.15) is 5.75 Å². The lowest BCUT2D eigenvalue weighted by atomic mass is 10.1. The third-order valence-electron chi connectivity index (χ3n) is 4.50. The molecule has 0 aromatic heterocycles. The lowest BCUT2D eigenvalue weighted by Gasteiger charge is -2.17. The number of amides is 2. The van der Waals surface area contributed by atoms with Gasteiger partial charge in [-0.25, -0.2) is 0 Å². The van der Waals surface area contributed by atoms with E-state index in [0.29, 0.717) is 31.1 Å². The molecule has 2 aromatic carbocycles. The van der Waals surface area contributed by atoms with E-state index in [-0.39, 0.29) is 24.2 Å². The van der Waals surface area contributed by atoms with Gasteiger partial charge in [-0.05, 0) is 37.1 Å². The van der Waals surface area contributed by atoms with Gasteiger partial charge in [-0.15, -0.1) is 0 Å². The van der Waals surface area contributed by atoms with Crippen LogP contribution < -0.4 is 10.1 Å². The Morgan fingerprint density at radius 1 is 1.23 bits per heavy atom. The molecule has 5 heteroatoms. The molecule has 1 heterocycles. The van der Waals surface area contributed by atoms with Crippen LogP contribution in [0.15, 0.2) is 48.5 Å². The SMILES string of the molecule is CCOc1cc(C)ccc1NC(=O)C1CC(=O)N(Cc2ccccc2)C1. The zero-order valence-corrected chi connectivity index (χ0v) is 15.2. The molecule has 0 saturated carbocycles. The molecule has 0 radical (unpaired) electrons. The highest BCUT2D eigenvalue weighted by Crippen LogP contribution is 2.28. The molecule has 1 aliphatic rings. The minimum absolute atomic E-state index is 0.0166. The predicted molar refractivity (Wildman–Crippen MR) is 101 cm³/mol. The molecule has 2 aromatic rings. The molecule has 1 unspecified atom stereocenters. The first kappa shape index (κ1) is 18.0. The molecule has 0 spiro atoms. The van der Waals surface area contributed by atoms with Crippen LogP contribution in [0.3, 0.4) is 0 Å². The monoisotopic (exact) mass is 352 g/mol. The van der Waals surface area contributed by atoms with Crippen LogP contribution in [0.2, 0.25) is 0 Å². The second kappa shape index (κ2) is 8.04. The summed E-state index contributed by atoms with van der Waals surface area (Å²) < 4.78 is 5.61. The van der Waals surface area contributed by atoms with Crippen molar-refractivity contribution in [1.29, 1.82) is 0 Å². The fourth-order valence-electron chi connectivity index (χ4n) is 3.15. The van der Waals surface area contributed by atoms with Crippen LogP contribution in [-0.2, 0) is 16.1 Å². The fraction of sp³-hybridized carbons (Fsp3) is 0.333. The molecule has 1 aliphatic heterocycles. The van der Waals surface area contributed by atoms with E-state index in [4.69, 9.17) is 4.74 Å². The summed E-state index contributed by atoms with van der Waals surface area (Å²) in [5, 5.41) is 2.93. The van der Waals surface area contributed by atoms with Crippen LogP contribution in [0.25, 0.3) is 0 Å². The highest BCUT2D eigenvalue weighted by atomic mass is 16.5. The Bertz CT molecular complexity index is 789. The second-order valence-corrected chi connectivity index (χ2v) is 6.58. The van der Waals surface area contributed by atoms with Crippen molar-refractivity contribution >= 4 is 17.5 Å². The number of hydrogen-bond acceptors (Lipinski definition) is 3. The summed E-state index contributed by atoms with van der Waals surface area (Å²) in [7, 11) is 0. The number of carbonyl (C=O) groups is 2. The number of hydrogen-bond donors (Lipinski definition) is 1. The number of aryl methyl sites for hydroxylation is 1. The molecule has 0 aliphatic carbocycles. The van der Waals surface area contributed by atoms with Crippen molar-refractivity contribution < 1.29 is 14.3 Å². The Balaban J connectivity index is 1.65. The maximum atomic E-state index is 12.7. The number of carbonyl (C=O) groups excluding carboxylic acids is 2. The first-order chi connectivity index (χ1) is 12.6. The number of nitrogens with zero attached hydrogens (tertiary/aromatic N) is 1. The van der Waals surface area contributed by atoms with E-state index in [1.807, 2.05) is 62.4 Å². The number of ether oxygens (including phenoxy) is 1. The maximum Gasteiger partial charge on any atom is 0.229 e. The van der Waals surface area contributed by atoms with Gasteiger partial charge in [0.15, 0.2) is 0 Å². The van der Waals surface area contributed by atoms with Gasteiger partial charge in [0.25, 0.3) is 0 Å². The number of likely N-dealkylation sites (tertiary alicyclic amines) is 1. The molecule has 1 fully saturated rings. The third kappa shape index (κ3) is 4.23. The molecule has 5 nitrogen and oxygen atoms in total. The Hall–Kier alpha value is -2.82. The van der Waals surface area contributed by atoms with Crippen molar-refractivity contribution in [2.45, 2.75) is 26.8 Å². The fourth-order valence-corrected chi connectivity index (χ4v) is 3.15. The normalized spacial score (nSPS) is 16.6. The van der Waals surface area contributed by atoms with Gasteiger partial charge in [0.05, 0.1) is 18.2 Å². The predicted octanol–water partition coefficient (Wildman–Crippen LogP) is 3.38. The summed E-state index contributed by atoms with van der Waals surface area (Å²) in [6.45, 7) is 5.39. The molecule has 26 heavy (non-hydrogen) atoms. The number of anilines is 1. The van der Waals surface area contributed by atoms with Crippen LogP contribution in [0, 0.1) is 12.8 Å². The standard InChI is InChI=1S/C21H24N2O3/c1-3-26-19-11-15(2)9-10-18(19)22-21(25)17-12-20(24)23(14-17)13-16-7-5-4-6-8-16/h4-11,17H,3,12-14H2,1-2H3,(H,22,25). The van der Waals surface area contributed by atoms with Gasteiger partial charge in [-0.1, -0.05) is 36.4 Å². The summed E-state index contributed by atoms with van der Waals surface area (Å²) in [5.74, 6) is 0.190. The third-order valence-corrected chi connectivity index (χ3v) is 4.50. The van der Waals surface area contributed by atoms with Crippen LogP contribution in [0.1, 0.15) is 24.5 Å². The van der Waals surface area contributed by atoms with E-state index < -0.39 is 0 Å². The zero-order valence-electron chi connectivity index (χ0n) is 15.2. The Kier molecular flexibility index (Phi) is 5.56. The first-order valence-electron chi connectivity index (χ1n) is 8.93. The summed E-state index contributed by atoms with van der Waals surface area (Å²) in [5.41, 5.74) is 2.78. The van der Waals surface area contributed by atoms with Crippen LogP contribution in [-0.4, -0.2) is 29.9 Å². The van der Waals surface area contributed by atoms with Gasteiger partial charge in [-0.3, -0.25) is 9.59 Å². The van der Waals surface area contributed by atoms with E-state index in [1.165, 1.54) is 0 Å². The molecular formula is C21H24N2O3. The van der Waals surface area contributed by atoms with E-state index >= 15 is 0 Å². The molecule has 136 valence electrons. The smallest absolute Gasteiger partial charge is 0.229 e. The summed E-state index contributed by atoms with van der Waals surface area (Å²) in [6, 6.07) is 15.5. The van der Waals surface area contributed by atoms with Gasteiger partial charge < -0.3 is 15.0 Å². The van der Waals surface area contributed by atoms with Gasteiger partial charge >= 0.3 is 0 Å². The maximum absolute atomic E-state index is 12.7. The largest absolute Gasteiger partial charge is 0.492 e. The van der Waals surface area contributed by atoms with Crippen molar-refractivity contribution in [3.63, 3.8) is 0 Å². The minimum Gasteiger partial charge on any atom is -0.492 e. The van der Waals surface area contributed by atoms with Crippen molar-refractivity contribution in [1.82, 2.24) is 4.90 Å². The average Bonchev–Trinajstić information content (AvgIpc) is 2.99. The summed E-state index contributed by atoms with van der Waals surface area (Å²) >= 11 is 0. The second-order valence-electron chi connectivity index (χ2n) is 6.58. The molecular weight excluding hydrogens is 328 g/mol. The summed E-state index contributed by atoms with van der Waals surface area (Å²) in [6.07, 6.45) is 0.245. The van der Waals surface area contributed by atoms with Crippen molar-refractivity contribution in [2.75, 3.05) is 18.5 Å². The van der Waals surface area contributed by atoms with Crippen LogP contribution >= 0.6 is 0 Å². The van der Waals surface area contributed by atoms with E-state index in [9.17, 15) is 9.59 Å². The molecule has 1 saturated heterocycles. The van der Waals surface area contributed by atoms with E-state index in [1.54, 1.807) is 4.90 Å². The van der Waals surface area contributed by atoms with Gasteiger partial charge in [0.2, 0.25) is 11.8 Å². The number of nitrogens with one attached hydrogen (secondary N) is 1. The highest BCUT2D eigenvalue weighted by Gasteiger charge is 2.34. The summed E-state index contributed by atoms with van der Waals surface area (Å²) in [4.78, 5) is 26.7. The Morgan fingerprint density at radius 2 is 2.00 bits per heavy atom. The number of benzene rings is 2. The van der Waals surface area contributed by atoms with Crippen molar-refractivity contribution in [3.05, 3.63) is 59.7 Å². The van der Waals surface area contributed by atoms with Crippen LogP contribution in [0.5, 0.6) is 5.75 Å². The lowest BCUT2D eigenvalue weighted by molar-refractivity contribution is -0.128. The molecule has 0 bridgehead atoms. The molecule has 3 rings (SSSR count). The quantitative estimate of drug-likeness (QED) is 0.867. The van der Waals surface area contributed by atoms with Gasteiger partial charge in [0, 0.05) is 19.5 Å². The zero-order chi connectivity index (χ0) is 18.5. The van der Waals surface area contributed by atoms with Gasteiger partial charge in [-0.2, -0.15) is 0 Å². The number of rotatable bonds is 6. The topological polar surface area (TPSA) is 58.6 Å². The van der Waals surface area contributed by atoms with Crippen molar-refractivity contribution in [3.8, 4) is 5.75 Å². The molecule has 2 amide bonds. The Morgan fingerprint density at radius 3 is 2.73 bits per heavy atom. The lowest BCUT2D eigenvalue weighted by Crippen LogP contribution is -2.28. The Labute approximate surface area is 154 Å². The van der Waals surface area contributed by atoms with Crippen LogP contribution in [0.4, 0.5) is 5.69 Å². The average molecular weight is 352 g/mol. The molecule has 1 atom stereocenters.